The number of alkyl halides is 3. The molecule has 0 N–H and O–H groups in total. The molecule has 1 aliphatic heterocycles. The fraction of sp³-hybridized carbons (Fsp3) is 0.438. The van der Waals surface area contributed by atoms with Crippen LogP contribution in [0.5, 0.6) is 5.75 Å². The van der Waals surface area contributed by atoms with Crippen LogP contribution in [0.3, 0.4) is 0 Å². The molecule has 1 aromatic carbocycles. The van der Waals surface area contributed by atoms with Crippen molar-refractivity contribution in [1.82, 2.24) is 9.29 Å². The van der Waals surface area contributed by atoms with Gasteiger partial charge in [0.25, 0.3) is 0 Å². The average Bonchev–Trinajstić information content (AvgIpc) is 3.13. The molecule has 148 valence electrons. The van der Waals surface area contributed by atoms with Crippen molar-refractivity contribution in [2.24, 2.45) is 0 Å². The summed E-state index contributed by atoms with van der Waals surface area (Å²) in [4.78, 5) is 5.45. The van der Waals surface area contributed by atoms with Crippen molar-refractivity contribution in [3.05, 3.63) is 35.3 Å². The van der Waals surface area contributed by atoms with E-state index in [1.807, 2.05) is 6.92 Å². The standard InChI is InChI=1S/C16H18F3N3O3S2/c1-2-25-12-3-5-13(6-4-12)27(23,24)22-9-7-21(8-10-22)15-20-14(11-26-15)16(17,18)19/h3-6,11H,2,7-10H2,1H3. The molecule has 0 aliphatic carbocycles. The van der Waals surface area contributed by atoms with Crippen LogP contribution < -0.4 is 9.64 Å². The van der Waals surface area contributed by atoms with E-state index in [0.29, 0.717) is 12.4 Å². The highest BCUT2D eigenvalue weighted by molar-refractivity contribution is 7.89. The minimum Gasteiger partial charge on any atom is -0.494 e. The van der Waals surface area contributed by atoms with Gasteiger partial charge < -0.3 is 9.64 Å². The summed E-state index contributed by atoms with van der Waals surface area (Å²) in [5.74, 6) is 0.588. The average molecular weight is 421 g/mol. The smallest absolute Gasteiger partial charge is 0.434 e. The number of benzene rings is 1. The van der Waals surface area contributed by atoms with Crippen LogP contribution in [0.25, 0.3) is 0 Å². The second-order valence-corrected chi connectivity index (χ2v) is 8.58. The van der Waals surface area contributed by atoms with Gasteiger partial charge in [-0.2, -0.15) is 17.5 Å². The topological polar surface area (TPSA) is 62.7 Å². The minimum atomic E-state index is -4.48. The molecule has 1 saturated heterocycles. The molecule has 2 heterocycles. The zero-order valence-electron chi connectivity index (χ0n) is 14.4. The Hall–Kier alpha value is -1.85. The quantitative estimate of drug-likeness (QED) is 0.743. The number of piperazine rings is 1. The van der Waals surface area contributed by atoms with Gasteiger partial charge in [0.2, 0.25) is 10.0 Å². The molecule has 3 rings (SSSR count). The Balaban J connectivity index is 1.66. The molecule has 6 nitrogen and oxygen atoms in total. The van der Waals surface area contributed by atoms with Crippen molar-refractivity contribution in [2.45, 2.75) is 18.0 Å². The Bertz CT molecular complexity index is 874. The lowest BCUT2D eigenvalue weighted by molar-refractivity contribution is -0.140. The molecule has 0 bridgehead atoms. The number of thiazole rings is 1. The molecule has 0 saturated carbocycles. The lowest BCUT2D eigenvalue weighted by Gasteiger charge is -2.33. The molecular weight excluding hydrogens is 403 g/mol. The highest BCUT2D eigenvalue weighted by atomic mass is 32.2. The summed E-state index contributed by atoms with van der Waals surface area (Å²) in [5.41, 5.74) is -0.924. The summed E-state index contributed by atoms with van der Waals surface area (Å²) >= 11 is 0.907. The van der Waals surface area contributed by atoms with Crippen LogP contribution in [0, 0.1) is 0 Å². The van der Waals surface area contributed by atoms with Crippen molar-refractivity contribution in [1.29, 1.82) is 0 Å². The van der Waals surface area contributed by atoms with Gasteiger partial charge >= 0.3 is 6.18 Å². The van der Waals surface area contributed by atoms with Crippen molar-refractivity contribution >= 4 is 26.5 Å². The maximum atomic E-state index is 12.7. The number of anilines is 1. The predicted octanol–water partition coefficient (Wildman–Crippen LogP) is 3.07. The number of rotatable bonds is 5. The van der Waals surface area contributed by atoms with E-state index in [4.69, 9.17) is 4.74 Å². The third-order valence-electron chi connectivity index (χ3n) is 4.06. The van der Waals surface area contributed by atoms with Gasteiger partial charge in [0.05, 0.1) is 11.5 Å². The predicted molar refractivity (Wildman–Crippen MR) is 95.7 cm³/mol. The summed E-state index contributed by atoms with van der Waals surface area (Å²) in [7, 11) is -3.66. The lowest BCUT2D eigenvalue weighted by atomic mass is 10.3. The molecule has 0 radical (unpaired) electrons. The molecular formula is C16H18F3N3O3S2. The fourth-order valence-corrected chi connectivity index (χ4v) is 4.99. The minimum absolute atomic E-state index is 0.160. The van der Waals surface area contributed by atoms with Gasteiger partial charge in [0.1, 0.15) is 5.75 Å². The first-order chi connectivity index (χ1) is 12.7. The van der Waals surface area contributed by atoms with Crippen LogP contribution in [-0.2, 0) is 16.2 Å². The molecule has 2 aromatic rings. The van der Waals surface area contributed by atoms with Gasteiger partial charge in [-0.15, -0.1) is 11.3 Å². The van der Waals surface area contributed by atoms with Crippen LogP contribution >= 0.6 is 11.3 Å². The summed E-state index contributed by atoms with van der Waals surface area (Å²) in [6.07, 6.45) is -4.48. The number of sulfonamides is 1. The number of hydrogen-bond donors (Lipinski definition) is 0. The van der Waals surface area contributed by atoms with Gasteiger partial charge in [-0.05, 0) is 31.2 Å². The van der Waals surface area contributed by atoms with Crippen LogP contribution in [0.2, 0.25) is 0 Å². The van der Waals surface area contributed by atoms with E-state index in [-0.39, 0.29) is 36.2 Å². The first kappa shape index (κ1) is 19.9. The Kier molecular flexibility index (Phi) is 5.63. The number of hydrogen-bond acceptors (Lipinski definition) is 6. The third kappa shape index (κ3) is 4.36. The lowest BCUT2D eigenvalue weighted by Crippen LogP contribution is -2.48. The van der Waals surface area contributed by atoms with Gasteiger partial charge in [-0.25, -0.2) is 13.4 Å². The van der Waals surface area contributed by atoms with Crippen LogP contribution in [-0.4, -0.2) is 50.5 Å². The number of nitrogens with zero attached hydrogens (tertiary/aromatic N) is 3. The van der Waals surface area contributed by atoms with Gasteiger partial charge in [-0.1, -0.05) is 0 Å². The van der Waals surface area contributed by atoms with Crippen molar-refractivity contribution < 1.29 is 26.3 Å². The zero-order valence-corrected chi connectivity index (χ0v) is 16.1. The van der Waals surface area contributed by atoms with E-state index in [2.05, 4.69) is 4.98 Å². The summed E-state index contributed by atoms with van der Waals surface area (Å²) in [6.45, 7) is 3.24. The van der Waals surface area contributed by atoms with Crippen molar-refractivity contribution in [3.63, 3.8) is 0 Å². The van der Waals surface area contributed by atoms with Gasteiger partial charge in [-0.3, -0.25) is 0 Å². The first-order valence-electron chi connectivity index (χ1n) is 8.22. The molecule has 0 atom stereocenters. The molecule has 27 heavy (non-hydrogen) atoms. The molecule has 0 spiro atoms. The number of ether oxygens (including phenoxy) is 1. The SMILES string of the molecule is CCOc1ccc(S(=O)(=O)N2CCN(c3nc(C(F)(F)F)cs3)CC2)cc1. The van der Waals surface area contributed by atoms with E-state index in [9.17, 15) is 21.6 Å². The highest BCUT2D eigenvalue weighted by Gasteiger charge is 2.35. The molecule has 1 fully saturated rings. The Morgan fingerprint density at radius 1 is 1.15 bits per heavy atom. The van der Waals surface area contributed by atoms with E-state index in [0.717, 1.165) is 16.7 Å². The van der Waals surface area contributed by atoms with Crippen LogP contribution in [0.4, 0.5) is 18.3 Å². The molecule has 1 aliphatic rings. The maximum Gasteiger partial charge on any atom is 0.434 e. The number of aromatic nitrogens is 1. The van der Waals surface area contributed by atoms with Crippen molar-refractivity contribution in [3.8, 4) is 5.75 Å². The van der Waals surface area contributed by atoms with Gasteiger partial charge in [0.15, 0.2) is 10.8 Å². The highest BCUT2D eigenvalue weighted by Crippen LogP contribution is 2.33. The van der Waals surface area contributed by atoms with E-state index >= 15 is 0 Å². The summed E-state index contributed by atoms with van der Waals surface area (Å²) < 4.78 is 70.2. The summed E-state index contributed by atoms with van der Waals surface area (Å²) in [5, 5.41) is 1.22. The Morgan fingerprint density at radius 2 is 1.78 bits per heavy atom. The summed E-state index contributed by atoms with van der Waals surface area (Å²) in [6, 6.07) is 6.17. The largest absolute Gasteiger partial charge is 0.494 e. The fourth-order valence-electron chi connectivity index (χ4n) is 2.68. The molecule has 11 heteroatoms. The first-order valence-corrected chi connectivity index (χ1v) is 10.5. The molecule has 0 unspecified atom stereocenters. The second-order valence-electron chi connectivity index (χ2n) is 5.81. The zero-order chi connectivity index (χ0) is 19.7. The van der Waals surface area contributed by atoms with Crippen molar-refractivity contribution in [2.75, 3.05) is 37.7 Å². The monoisotopic (exact) mass is 421 g/mol. The van der Waals surface area contributed by atoms with Crippen LogP contribution in [0.15, 0.2) is 34.5 Å². The van der Waals surface area contributed by atoms with E-state index < -0.39 is 21.9 Å². The van der Waals surface area contributed by atoms with Gasteiger partial charge in [0, 0.05) is 31.6 Å². The third-order valence-corrected chi connectivity index (χ3v) is 6.88. The number of halogens is 3. The Morgan fingerprint density at radius 3 is 2.30 bits per heavy atom. The van der Waals surface area contributed by atoms with E-state index in [1.54, 1.807) is 17.0 Å². The normalized spacial score (nSPS) is 16.5. The Labute approximate surface area is 159 Å². The van der Waals surface area contributed by atoms with Crippen LogP contribution in [0.1, 0.15) is 12.6 Å². The molecule has 0 amide bonds. The van der Waals surface area contributed by atoms with E-state index in [1.165, 1.54) is 16.4 Å². The molecule has 1 aromatic heterocycles. The second kappa shape index (κ2) is 7.64. The maximum absolute atomic E-state index is 12.7.